The molecule has 0 atom stereocenters. The lowest BCUT2D eigenvalue weighted by Crippen LogP contribution is -1.97. The van der Waals surface area contributed by atoms with Gasteiger partial charge in [-0.3, -0.25) is 5.41 Å². The first-order valence-corrected chi connectivity index (χ1v) is 3.70. The van der Waals surface area contributed by atoms with Gasteiger partial charge >= 0.3 is 0 Å². The van der Waals surface area contributed by atoms with Crippen LogP contribution in [0.3, 0.4) is 0 Å². The number of hydrogen-bond acceptors (Lipinski definition) is 2. The number of hydrogen-bond donors (Lipinski definition) is 2. The summed E-state index contributed by atoms with van der Waals surface area (Å²) in [5.41, 5.74) is 6.23. The molecule has 1 aromatic rings. The fourth-order valence-corrected chi connectivity index (χ4v) is 1.06. The lowest BCUT2D eigenvalue weighted by Gasteiger charge is -2.00. The lowest BCUT2D eigenvalue weighted by atomic mass is 10.2. The topological polar surface area (TPSA) is 49.9 Å². The summed E-state index contributed by atoms with van der Waals surface area (Å²) in [6.07, 6.45) is 0. The number of benzene rings is 1. The van der Waals surface area contributed by atoms with Crippen LogP contribution in [-0.4, -0.2) is 4.62 Å². The average Bonchev–Trinajstić information content (AvgIpc) is 1.94. The first kappa shape index (κ1) is 8.20. The first-order chi connectivity index (χ1) is 5.11. The van der Waals surface area contributed by atoms with Crippen molar-refractivity contribution in [2.24, 2.45) is 0 Å². The van der Waals surface area contributed by atoms with Crippen LogP contribution in [0.5, 0.6) is 0 Å². The highest BCUT2D eigenvalue weighted by molar-refractivity contribution is 9.18. The van der Waals surface area contributed by atoms with Crippen molar-refractivity contribution in [2.75, 3.05) is 5.73 Å². The largest absolute Gasteiger partial charge is 0.398 e. The van der Waals surface area contributed by atoms with Crippen molar-refractivity contribution >= 4 is 26.2 Å². The summed E-state index contributed by atoms with van der Waals surface area (Å²) in [6.45, 7) is 0. The van der Waals surface area contributed by atoms with E-state index < -0.39 is 5.82 Å². The highest BCUT2D eigenvalue weighted by atomic mass is 79.9. The van der Waals surface area contributed by atoms with Crippen LogP contribution >= 0.6 is 15.9 Å². The minimum absolute atomic E-state index is 0.0921. The summed E-state index contributed by atoms with van der Waals surface area (Å²) >= 11 is 2.90. The molecule has 1 aromatic carbocycles. The Morgan fingerprint density at radius 1 is 1.55 bits per heavy atom. The van der Waals surface area contributed by atoms with Gasteiger partial charge < -0.3 is 5.73 Å². The Morgan fingerprint density at radius 3 is 2.64 bits per heavy atom. The maximum absolute atomic E-state index is 12.5. The molecule has 0 fully saturated rings. The van der Waals surface area contributed by atoms with Crippen molar-refractivity contribution in [1.29, 1.82) is 5.41 Å². The summed E-state index contributed by atoms with van der Waals surface area (Å²) in [4.78, 5) is 0. The predicted octanol–water partition coefficient (Wildman–Crippen LogP) is 2.13. The van der Waals surface area contributed by atoms with Gasteiger partial charge in [0, 0.05) is 11.3 Å². The average molecular weight is 217 g/mol. The van der Waals surface area contributed by atoms with Crippen molar-refractivity contribution in [2.45, 2.75) is 0 Å². The Labute approximate surface area is 71.9 Å². The van der Waals surface area contributed by atoms with Gasteiger partial charge in [0.15, 0.2) is 0 Å². The van der Waals surface area contributed by atoms with E-state index in [2.05, 4.69) is 15.9 Å². The first-order valence-electron chi connectivity index (χ1n) is 2.90. The molecule has 0 unspecified atom stereocenters. The third-order valence-electron chi connectivity index (χ3n) is 1.25. The smallest absolute Gasteiger partial charge is 0.124 e. The van der Waals surface area contributed by atoms with Crippen LogP contribution in [0.1, 0.15) is 5.56 Å². The van der Waals surface area contributed by atoms with Crippen molar-refractivity contribution in [3.05, 3.63) is 29.6 Å². The number of rotatable bonds is 1. The van der Waals surface area contributed by atoms with Gasteiger partial charge in [-0.2, -0.15) is 0 Å². The maximum atomic E-state index is 12.5. The van der Waals surface area contributed by atoms with Crippen LogP contribution in [0.4, 0.5) is 10.1 Å². The summed E-state index contributed by atoms with van der Waals surface area (Å²) < 4.78 is 12.6. The second-order valence-electron chi connectivity index (χ2n) is 2.05. The molecule has 0 bridgehead atoms. The minimum atomic E-state index is -0.390. The van der Waals surface area contributed by atoms with Crippen molar-refractivity contribution in [3.8, 4) is 0 Å². The second kappa shape index (κ2) is 3.00. The fraction of sp³-hybridized carbons (Fsp3) is 0. The number of nitrogens with two attached hydrogens (primary N) is 1. The molecule has 1 rings (SSSR count). The number of anilines is 1. The summed E-state index contributed by atoms with van der Waals surface area (Å²) in [6, 6.07) is 3.90. The van der Waals surface area contributed by atoms with E-state index >= 15 is 0 Å². The molecule has 0 heterocycles. The van der Waals surface area contributed by atoms with Gasteiger partial charge in [-0.25, -0.2) is 4.39 Å². The Balaban J connectivity index is 3.23. The van der Waals surface area contributed by atoms with Crippen molar-refractivity contribution in [1.82, 2.24) is 0 Å². The molecule has 0 saturated heterocycles. The van der Waals surface area contributed by atoms with E-state index in [9.17, 15) is 4.39 Å². The molecule has 0 spiro atoms. The van der Waals surface area contributed by atoms with Crippen LogP contribution in [0, 0.1) is 11.2 Å². The molecule has 0 aromatic heterocycles. The van der Waals surface area contributed by atoms with Gasteiger partial charge in [-0.1, -0.05) is 0 Å². The molecule has 4 heteroatoms. The van der Waals surface area contributed by atoms with E-state index in [1.54, 1.807) is 0 Å². The molecule has 0 radical (unpaired) electrons. The zero-order valence-corrected chi connectivity index (χ0v) is 7.15. The molecule has 2 nitrogen and oxygen atoms in total. The molecule has 0 saturated carbocycles. The normalized spacial score (nSPS) is 9.64. The molecule has 11 heavy (non-hydrogen) atoms. The number of halogens is 2. The Hall–Kier alpha value is -0.900. The standard InChI is InChI=1S/C7H6BrFN2/c8-7(11)5-3-4(9)1-2-6(5)10/h1-3,11H,10H2. The van der Waals surface area contributed by atoms with Crippen LogP contribution in [0.2, 0.25) is 0 Å². The van der Waals surface area contributed by atoms with E-state index in [1.807, 2.05) is 0 Å². The highest BCUT2D eigenvalue weighted by Crippen LogP contribution is 2.15. The highest BCUT2D eigenvalue weighted by Gasteiger charge is 2.03. The molecule has 58 valence electrons. The zero-order valence-electron chi connectivity index (χ0n) is 5.57. The Morgan fingerprint density at radius 2 is 2.18 bits per heavy atom. The third kappa shape index (κ3) is 1.77. The number of nitrogen functional groups attached to an aromatic ring is 1. The van der Waals surface area contributed by atoms with Crippen LogP contribution in [0.25, 0.3) is 0 Å². The maximum Gasteiger partial charge on any atom is 0.124 e. The number of nitrogens with one attached hydrogen (secondary N) is 1. The van der Waals surface area contributed by atoms with E-state index in [-0.39, 0.29) is 4.62 Å². The predicted molar refractivity (Wildman–Crippen MR) is 46.6 cm³/mol. The van der Waals surface area contributed by atoms with Crippen molar-refractivity contribution in [3.63, 3.8) is 0 Å². The summed E-state index contributed by atoms with van der Waals surface area (Å²) in [5.74, 6) is -0.390. The summed E-state index contributed by atoms with van der Waals surface area (Å²) in [5, 5.41) is 7.14. The summed E-state index contributed by atoms with van der Waals surface area (Å²) in [7, 11) is 0. The fourth-order valence-electron chi connectivity index (χ4n) is 0.719. The van der Waals surface area contributed by atoms with Gasteiger partial charge in [-0.05, 0) is 34.1 Å². The van der Waals surface area contributed by atoms with Crippen LogP contribution < -0.4 is 5.73 Å². The molecule has 3 N–H and O–H groups in total. The lowest BCUT2D eigenvalue weighted by molar-refractivity contribution is 0.628. The zero-order chi connectivity index (χ0) is 8.43. The van der Waals surface area contributed by atoms with Gasteiger partial charge in [0.25, 0.3) is 0 Å². The van der Waals surface area contributed by atoms with E-state index in [0.29, 0.717) is 11.3 Å². The minimum Gasteiger partial charge on any atom is -0.398 e. The van der Waals surface area contributed by atoms with E-state index in [4.69, 9.17) is 11.1 Å². The van der Waals surface area contributed by atoms with E-state index in [1.165, 1.54) is 18.2 Å². The van der Waals surface area contributed by atoms with Gasteiger partial charge in [0.1, 0.15) is 10.4 Å². The van der Waals surface area contributed by atoms with Crippen LogP contribution in [-0.2, 0) is 0 Å². The SMILES string of the molecule is N=C(Br)c1cc(F)ccc1N. The third-order valence-corrected chi connectivity index (χ3v) is 1.68. The molecule has 0 amide bonds. The van der Waals surface area contributed by atoms with Crippen molar-refractivity contribution < 1.29 is 4.39 Å². The van der Waals surface area contributed by atoms with Gasteiger partial charge in [0.05, 0.1) is 0 Å². The molecular weight excluding hydrogens is 211 g/mol. The molecule has 0 aliphatic rings. The Bertz CT molecular complexity index is 298. The monoisotopic (exact) mass is 216 g/mol. The van der Waals surface area contributed by atoms with Gasteiger partial charge in [0.2, 0.25) is 0 Å². The molecule has 0 aliphatic heterocycles. The van der Waals surface area contributed by atoms with Gasteiger partial charge in [-0.15, -0.1) is 0 Å². The Kier molecular flexibility index (Phi) is 2.24. The molecule has 0 aliphatic carbocycles. The van der Waals surface area contributed by atoms with Crippen LogP contribution in [0.15, 0.2) is 18.2 Å². The molecular formula is C7H6BrFN2. The quantitative estimate of drug-likeness (QED) is 0.549. The second-order valence-corrected chi connectivity index (χ2v) is 2.84. The van der Waals surface area contributed by atoms with E-state index in [0.717, 1.165) is 0 Å².